The molecule has 4 rings (SSSR count). The molecule has 2 saturated heterocycles. The molecular weight excluding hydrogens is 350 g/mol. The summed E-state index contributed by atoms with van der Waals surface area (Å²) in [6, 6.07) is 8.88. The van der Waals surface area contributed by atoms with Gasteiger partial charge in [0.25, 0.3) is 0 Å². The van der Waals surface area contributed by atoms with Crippen LogP contribution in [0.15, 0.2) is 36.7 Å². The van der Waals surface area contributed by atoms with Crippen molar-refractivity contribution in [2.75, 3.05) is 46.3 Å². The summed E-state index contributed by atoms with van der Waals surface area (Å²) in [7, 11) is 2.17. The van der Waals surface area contributed by atoms with Crippen LogP contribution in [0.3, 0.4) is 0 Å². The fourth-order valence-electron chi connectivity index (χ4n) is 4.34. The van der Waals surface area contributed by atoms with Gasteiger partial charge in [-0.1, -0.05) is 26.0 Å². The number of nitrogens with zero attached hydrogens (tertiary/aromatic N) is 5. The van der Waals surface area contributed by atoms with E-state index in [0.717, 1.165) is 51.5 Å². The molecule has 28 heavy (non-hydrogen) atoms. The second-order valence-corrected chi connectivity index (χ2v) is 8.71. The van der Waals surface area contributed by atoms with Gasteiger partial charge in [0, 0.05) is 63.6 Å². The predicted octanol–water partition coefficient (Wildman–Crippen LogP) is 1.79. The van der Waals surface area contributed by atoms with Crippen molar-refractivity contribution in [2.45, 2.75) is 38.5 Å². The molecule has 0 saturated carbocycles. The number of likely N-dealkylation sites (N-methyl/N-ethyl adjacent to an activating group) is 1. The van der Waals surface area contributed by atoms with Gasteiger partial charge in [0.2, 0.25) is 0 Å². The molecule has 1 N–H and O–H groups in total. The van der Waals surface area contributed by atoms with E-state index in [0.29, 0.717) is 5.92 Å². The summed E-state index contributed by atoms with van der Waals surface area (Å²) >= 11 is 0. The summed E-state index contributed by atoms with van der Waals surface area (Å²) in [5.74, 6) is 0.539. The van der Waals surface area contributed by atoms with Gasteiger partial charge < -0.3 is 10.0 Å². The number of aliphatic hydroxyl groups excluding tert-OH is 1. The number of likely N-dealkylation sites (tertiary alicyclic amines) is 1. The number of aliphatic hydroxyl groups is 1. The maximum atomic E-state index is 10.6. The average Bonchev–Trinajstić information content (AvgIpc) is 3.29. The van der Waals surface area contributed by atoms with E-state index in [1.165, 1.54) is 11.1 Å². The van der Waals surface area contributed by atoms with Crippen molar-refractivity contribution in [1.29, 1.82) is 0 Å². The van der Waals surface area contributed by atoms with Crippen LogP contribution in [0.2, 0.25) is 0 Å². The topological polar surface area (TPSA) is 47.8 Å². The Morgan fingerprint density at radius 3 is 2.46 bits per heavy atom. The normalized spacial score (nSPS) is 25.0. The molecule has 152 valence electrons. The minimum absolute atomic E-state index is 0.257. The van der Waals surface area contributed by atoms with Crippen LogP contribution in [0, 0.1) is 0 Å². The van der Waals surface area contributed by atoms with Gasteiger partial charge in [-0.15, -0.1) is 0 Å². The third-order valence-corrected chi connectivity index (χ3v) is 6.21. The third kappa shape index (κ3) is 4.30. The maximum absolute atomic E-state index is 10.6. The number of hydrogen-bond donors (Lipinski definition) is 1. The fourth-order valence-corrected chi connectivity index (χ4v) is 4.34. The molecule has 0 radical (unpaired) electrons. The minimum Gasteiger partial charge on any atom is -0.390 e. The summed E-state index contributed by atoms with van der Waals surface area (Å²) in [4.78, 5) is 7.18. The molecule has 2 aliphatic rings. The highest BCUT2D eigenvalue weighted by Gasteiger charge is 2.36. The van der Waals surface area contributed by atoms with Gasteiger partial charge in [-0.3, -0.25) is 9.80 Å². The summed E-state index contributed by atoms with van der Waals surface area (Å²) < 4.78 is 1.95. The molecule has 2 fully saturated rings. The fraction of sp³-hybridized carbons (Fsp3) is 0.591. The van der Waals surface area contributed by atoms with E-state index in [1.807, 2.05) is 10.9 Å². The zero-order valence-corrected chi connectivity index (χ0v) is 17.3. The minimum atomic E-state index is -0.262. The van der Waals surface area contributed by atoms with Crippen LogP contribution in [0.1, 0.15) is 30.9 Å². The lowest BCUT2D eigenvalue weighted by Crippen LogP contribution is -2.52. The van der Waals surface area contributed by atoms with Crippen molar-refractivity contribution >= 4 is 0 Å². The monoisotopic (exact) mass is 383 g/mol. The molecule has 2 aliphatic heterocycles. The van der Waals surface area contributed by atoms with Crippen LogP contribution in [-0.2, 0) is 6.54 Å². The number of hydrogen-bond acceptors (Lipinski definition) is 5. The van der Waals surface area contributed by atoms with E-state index in [1.54, 1.807) is 0 Å². The second kappa shape index (κ2) is 8.33. The molecule has 2 atom stereocenters. The van der Waals surface area contributed by atoms with Crippen molar-refractivity contribution < 1.29 is 5.11 Å². The largest absolute Gasteiger partial charge is 0.390 e. The molecule has 3 heterocycles. The Bertz CT molecular complexity index is 763. The molecule has 6 heteroatoms. The van der Waals surface area contributed by atoms with Crippen LogP contribution in [-0.4, -0.2) is 88.0 Å². The Kier molecular flexibility index (Phi) is 5.83. The highest BCUT2D eigenvalue weighted by Crippen LogP contribution is 2.21. The number of β-amino-alcohol motifs (C(OH)–C–C–N with tert-alkyl or cyclic N) is 1. The summed E-state index contributed by atoms with van der Waals surface area (Å²) in [5, 5.41) is 15.1. The number of rotatable bonds is 5. The van der Waals surface area contributed by atoms with E-state index in [4.69, 9.17) is 0 Å². The first-order chi connectivity index (χ1) is 13.5. The summed E-state index contributed by atoms with van der Waals surface area (Å²) in [6.45, 7) is 11.2. The Balaban J connectivity index is 1.36. The van der Waals surface area contributed by atoms with Crippen molar-refractivity contribution in [3.63, 3.8) is 0 Å². The first kappa shape index (κ1) is 19.6. The van der Waals surface area contributed by atoms with E-state index >= 15 is 0 Å². The predicted molar refractivity (Wildman–Crippen MR) is 112 cm³/mol. The SMILES string of the molecule is CC(C)c1ccc(-n2cc(CN3C[C@H](O)[C@@H](N4CCN(C)CC4)C3)cn2)cc1. The molecule has 0 bridgehead atoms. The van der Waals surface area contributed by atoms with Crippen molar-refractivity contribution in [3.05, 3.63) is 47.8 Å². The Morgan fingerprint density at radius 2 is 1.79 bits per heavy atom. The lowest BCUT2D eigenvalue weighted by Gasteiger charge is -2.37. The van der Waals surface area contributed by atoms with Gasteiger partial charge >= 0.3 is 0 Å². The van der Waals surface area contributed by atoms with Crippen LogP contribution in [0.5, 0.6) is 0 Å². The molecule has 0 spiro atoms. The van der Waals surface area contributed by atoms with Crippen LogP contribution in [0.25, 0.3) is 5.69 Å². The molecular formula is C22H33N5O. The number of piperazine rings is 1. The van der Waals surface area contributed by atoms with Gasteiger partial charge in [-0.05, 0) is 30.7 Å². The van der Waals surface area contributed by atoms with Gasteiger partial charge in [0.05, 0.1) is 18.0 Å². The van der Waals surface area contributed by atoms with Gasteiger partial charge in [0.1, 0.15) is 0 Å². The Hall–Kier alpha value is -1.73. The third-order valence-electron chi connectivity index (χ3n) is 6.21. The van der Waals surface area contributed by atoms with Gasteiger partial charge in [0.15, 0.2) is 0 Å². The Morgan fingerprint density at radius 1 is 1.07 bits per heavy atom. The lowest BCUT2D eigenvalue weighted by molar-refractivity contribution is 0.0512. The second-order valence-electron chi connectivity index (χ2n) is 8.71. The van der Waals surface area contributed by atoms with Gasteiger partial charge in [-0.25, -0.2) is 4.68 Å². The molecule has 1 aromatic carbocycles. The van der Waals surface area contributed by atoms with Crippen LogP contribution >= 0.6 is 0 Å². The Labute approximate surface area is 168 Å². The molecule has 6 nitrogen and oxygen atoms in total. The number of benzene rings is 1. The van der Waals surface area contributed by atoms with Crippen molar-refractivity contribution in [3.8, 4) is 5.69 Å². The molecule has 1 aromatic heterocycles. The molecule has 2 aromatic rings. The maximum Gasteiger partial charge on any atom is 0.0834 e. The quantitative estimate of drug-likeness (QED) is 0.853. The smallest absolute Gasteiger partial charge is 0.0834 e. The zero-order chi connectivity index (χ0) is 19.7. The molecule has 0 aliphatic carbocycles. The number of aromatic nitrogens is 2. The zero-order valence-electron chi connectivity index (χ0n) is 17.3. The first-order valence-electron chi connectivity index (χ1n) is 10.5. The standard InChI is InChI=1S/C22H33N5O/c1-17(2)19-4-6-20(7-5-19)27-14-18(12-23-27)13-25-15-21(22(28)16-25)26-10-8-24(3)9-11-26/h4-7,12,14,17,21-22,28H,8-11,13,15-16H2,1-3H3/t21-,22-/m0/s1. The van der Waals surface area contributed by atoms with Crippen LogP contribution in [0.4, 0.5) is 0 Å². The molecule has 0 amide bonds. The van der Waals surface area contributed by atoms with E-state index in [2.05, 4.69) is 71.2 Å². The summed E-state index contributed by atoms with van der Waals surface area (Å²) in [6.07, 6.45) is 3.80. The highest BCUT2D eigenvalue weighted by molar-refractivity contribution is 5.35. The lowest BCUT2D eigenvalue weighted by atomic mass is 10.0. The first-order valence-corrected chi connectivity index (χ1v) is 10.5. The van der Waals surface area contributed by atoms with Crippen LogP contribution < -0.4 is 0 Å². The average molecular weight is 384 g/mol. The molecule has 0 unspecified atom stereocenters. The van der Waals surface area contributed by atoms with E-state index in [-0.39, 0.29) is 12.1 Å². The summed E-state index contributed by atoms with van der Waals surface area (Å²) in [5.41, 5.74) is 3.63. The highest BCUT2D eigenvalue weighted by atomic mass is 16.3. The van der Waals surface area contributed by atoms with E-state index < -0.39 is 0 Å². The van der Waals surface area contributed by atoms with Crippen molar-refractivity contribution in [2.24, 2.45) is 0 Å². The van der Waals surface area contributed by atoms with Crippen molar-refractivity contribution in [1.82, 2.24) is 24.5 Å². The van der Waals surface area contributed by atoms with Gasteiger partial charge in [-0.2, -0.15) is 5.10 Å². The van der Waals surface area contributed by atoms with E-state index in [9.17, 15) is 5.11 Å².